The molecule has 2 aliphatic rings. The molecule has 2 bridgehead atoms. The highest BCUT2D eigenvalue weighted by Gasteiger charge is 2.47. The van der Waals surface area contributed by atoms with Gasteiger partial charge in [-0.3, -0.25) is 4.89 Å². The number of fused-ring (bicyclic) bond motifs is 6. The maximum absolute atomic E-state index is 11.6. The number of esters is 2. The van der Waals surface area contributed by atoms with Crippen LogP contribution in [-0.4, -0.2) is 29.1 Å². The fourth-order valence-electron chi connectivity index (χ4n) is 1.30. The normalized spacial score (nSPS) is 17.0. The topological polar surface area (TPSA) is 125 Å². The number of nitrogens with two attached hydrogens (primary N) is 1. The highest BCUT2D eigenvalue weighted by atomic mass is 17.1. The Morgan fingerprint density at radius 2 is 1.50 bits per heavy atom. The quantitative estimate of drug-likeness (QED) is 0.395. The first-order valence-corrected chi connectivity index (χ1v) is 4.68. The van der Waals surface area contributed by atoms with Crippen molar-refractivity contribution < 1.29 is 34.0 Å². The molecule has 2 heterocycles. The van der Waals surface area contributed by atoms with Gasteiger partial charge in [0.1, 0.15) is 0 Å². The average Bonchev–Trinajstić information content (AvgIpc) is 2.43. The molecule has 2 aliphatic heterocycles. The van der Waals surface area contributed by atoms with Crippen LogP contribution in [0.25, 0.3) is 0 Å². The van der Waals surface area contributed by atoms with Crippen LogP contribution in [0, 0.1) is 0 Å². The van der Waals surface area contributed by atoms with Gasteiger partial charge in [-0.25, -0.2) is 20.1 Å². The zero-order valence-corrected chi connectivity index (χ0v) is 8.78. The zero-order valence-electron chi connectivity index (χ0n) is 8.78. The van der Waals surface area contributed by atoms with Crippen molar-refractivity contribution in [1.82, 2.24) is 0 Å². The SMILES string of the molecule is NC1(C(=O)OO)OC(=O)c2ccc(cc2)C(=O)O1. The van der Waals surface area contributed by atoms with Crippen LogP contribution in [0.4, 0.5) is 0 Å². The Morgan fingerprint density at radius 1 is 1.11 bits per heavy atom. The Labute approximate surface area is 99.8 Å². The van der Waals surface area contributed by atoms with Crippen LogP contribution in [0.2, 0.25) is 0 Å². The molecule has 8 nitrogen and oxygen atoms in total. The summed E-state index contributed by atoms with van der Waals surface area (Å²) in [5.74, 6) is -6.49. The average molecular weight is 253 g/mol. The molecule has 1 aromatic carbocycles. The summed E-state index contributed by atoms with van der Waals surface area (Å²) < 4.78 is 9.04. The molecule has 0 amide bonds. The molecule has 0 atom stereocenters. The maximum atomic E-state index is 11.6. The molecule has 0 saturated heterocycles. The zero-order chi connectivity index (χ0) is 13.3. The van der Waals surface area contributed by atoms with Crippen LogP contribution in [0.1, 0.15) is 20.7 Å². The first kappa shape index (κ1) is 12.0. The summed E-state index contributed by atoms with van der Waals surface area (Å²) in [5.41, 5.74) is 5.39. The van der Waals surface area contributed by atoms with Crippen molar-refractivity contribution in [2.75, 3.05) is 0 Å². The van der Waals surface area contributed by atoms with E-state index in [0.717, 1.165) is 0 Å². The van der Waals surface area contributed by atoms with Crippen molar-refractivity contribution in [3.63, 3.8) is 0 Å². The summed E-state index contributed by atoms with van der Waals surface area (Å²) in [6.45, 7) is 0. The van der Waals surface area contributed by atoms with Gasteiger partial charge in [0, 0.05) is 0 Å². The third kappa shape index (κ3) is 1.90. The Morgan fingerprint density at radius 3 is 1.83 bits per heavy atom. The number of benzene rings is 1. The fraction of sp³-hybridized carbons (Fsp3) is 0.100. The minimum atomic E-state index is -2.84. The van der Waals surface area contributed by atoms with Crippen LogP contribution in [0.3, 0.4) is 0 Å². The van der Waals surface area contributed by atoms with E-state index in [1.54, 1.807) is 0 Å². The van der Waals surface area contributed by atoms with Gasteiger partial charge in [-0.05, 0) is 24.3 Å². The molecule has 18 heavy (non-hydrogen) atoms. The van der Waals surface area contributed by atoms with Crippen LogP contribution in [0.5, 0.6) is 0 Å². The number of rotatable bonds is 1. The van der Waals surface area contributed by atoms with Gasteiger partial charge in [-0.15, -0.1) is 0 Å². The number of carbonyl (C=O) groups is 3. The van der Waals surface area contributed by atoms with Crippen LogP contribution >= 0.6 is 0 Å². The molecule has 0 saturated carbocycles. The first-order valence-electron chi connectivity index (χ1n) is 4.68. The second-order valence-electron chi connectivity index (χ2n) is 3.40. The van der Waals surface area contributed by atoms with Crippen molar-refractivity contribution in [2.45, 2.75) is 5.91 Å². The summed E-state index contributed by atoms with van der Waals surface area (Å²) in [6.07, 6.45) is 0. The molecule has 3 N–H and O–H groups in total. The van der Waals surface area contributed by atoms with E-state index >= 15 is 0 Å². The first-order chi connectivity index (χ1) is 8.46. The minimum absolute atomic E-state index is 0.0533. The van der Waals surface area contributed by atoms with E-state index in [4.69, 9.17) is 11.0 Å². The van der Waals surface area contributed by atoms with E-state index in [2.05, 4.69) is 14.4 Å². The largest absolute Gasteiger partial charge is 0.443 e. The molecule has 94 valence electrons. The summed E-state index contributed by atoms with van der Waals surface area (Å²) >= 11 is 0. The Bertz CT molecular complexity index is 485. The predicted octanol–water partition coefficient (Wildman–Crippen LogP) is -0.358. The van der Waals surface area contributed by atoms with Crippen molar-refractivity contribution in [3.8, 4) is 0 Å². The van der Waals surface area contributed by atoms with E-state index in [1.165, 1.54) is 24.3 Å². The smallest absolute Gasteiger partial charge is 0.396 e. The third-order valence-corrected chi connectivity index (χ3v) is 2.21. The number of hydrogen-bond donors (Lipinski definition) is 2. The van der Waals surface area contributed by atoms with Gasteiger partial charge in [0.2, 0.25) is 0 Å². The Kier molecular flexibility index (Phi) is 2.73. The summed E-state index contributed by atoms with van der Waals surface area (Å²) in [4.78, 5) is 37.7. The van der Waals surface area contributed by atoms with Gasteiger partial charge >= 0.3 is 23.8 Å². The predicted molar refractivity (Wildman–Crippen MR) is 52.9 cm³/mol. The van der Waals surface area contributed by atoms with Gasteiger partial charge in [-0.1, -0.05) is 0 Å². The van der Waals surface area contributed by atoms with Crippen LogP contribution in [0.15, 0.2) is 24.3 Å². The lowest BCUT2D eigenvalue weighted by atomic mass is 10.1. The second-order valence-corrected chi connectivity index (χ2v) is 3.40. The van der Waals surface area contributed by atoms with E-state index in [0.29, 0.717) is 0 Å². The molecule has 0 aromatic heterocycles. The lowest BCUT2D eigenvalue weighted by Gasteiger charge is -2.23. The van der Waals surface area contributed by atoms with Crippen molar-refractivity contribution >= 4 is 17.9 Å². The Balaban J connectivity index is 2.47. The maximum Gasteiger partial charge on any atom is 0.443 e. The molecular formula is C10H7NO7. The number of ether oxygens (including phenoxy) is 2. The molecule has 8 heteroatoms. The standard InChI is InChI=1S/C10H7NO7/c11-10(9(14)18-15)16-7(12)5-1-2-6(4-3-5)8(13)17-10/h1-4,15H,11H2. The third-order valence-electron chi connectivity index (χ3n) is 2.21. The van der Waals surface area contributed by atoms with Crippen LogP contribution in [-0.2, 0) is 19.2 Å². The van der Waals surface area contributed by atoms with Gasteiger partial charge in [-0.2, -0.15) is 5.26 Å². The van der Waals surface area contributed by atoms with E-state index in [9.17, 15) is 14.4 Å². The Hall–Kier alpha value is -2.45. The van der Waals surface area contributed by atoms with Crippen LogP contribution < -0.4 is 5.73 Å². The van der Waals surface area contributed by atoms with Gasteiger partial charge in [0.05, 0.1) is 11.1 Å². The van der Waals surface area contributed by atoms with Crippen molar-refractivity contribution in [3.05, 3.63) is 35.4 Å². The fourth-order valence-corrected chi connectivity index (χ4v) is 1.30. The molecule has 0 radical (unpaired) electrons. The number of hydrogen-bond acceptors (Lipinski definition) is 8. The molecule has 1 aromatic rings. The van der Waals surface area contributed by atoms with Gasteiger partial charge in [0.25, 0.3) is 0 Å². The van der Waals surface area contributed by atoms with Crippen molar-refractivity contribution in [1.29, 1.82) is 0 Å². The lowest BCUT2D eigenvalue weighted by molar-refractivity contribution is -0.274. The van der Waals surface area contributed by atoms with Gasteiger partial charge < -0.3 is 9.47 Å². The highest BCUT2D eigenvalue weighted by molar-refractivity contribution is 5.97. The lowest BCUT2D eigenvalue weighted by Crippen LogP contribution is -2.55. The summed E-state index contributed by atoms with van der Waals surface area (Å²) in [5, 5.41) is 8.25. The van der Waals surface area contributed by atoms with E-state index < -0.39 is 23.8 Å². The molecular weight excluding hydrogens is 246 g/mol. The van der Waals surface area contributed by atoms with E-state index in [1.807, 2.05) is 0 Å². The summed E-state index contributed by atoms with van der Waals surface area (Å²) in [6, 6.07) is 5.20. The monoisotopic (exact) mass is 253 g/mol. The number of carbonyl (C=O) groups excluding carboxylic acids is 3. The highest BCUT2D eigenvalue weighted by Crippen LogP contribution is 2.19. The van der Waals surface area contributed by atoms with Gasteiger partial charge in [0.15, 0.2) is 0 Å². The molecule has 3 rings (SSSR count). The molecule has 0 fully saturated rings. The second kappa shape index (κ2) is 4.09. The van der Waals surface area contributed by atoms with Crippen molar-refractivity contribution in [2.24, 2.45) is 5.73 Å². The summed E-state index contributed by atoms with van der Waals surface area (Å²) in [7, 11) is 0. The molecule has 0 spiro atoms. The van der Waals surface area contributed by atoms with E-state index in [-0.39, 0.29) is 11.1 Å². The molecule has 0 aliphatic carbocycles. The molecule has 0 unspecified atom stereocenters. The minimum Gasteiger partial charge on any atom is -0.396 e.